The minimum atomic E-state index is 0.358. The number of hydrogen-bond acceptors (Lipinski definition) is 0. The van der Waals surface area contributed by atoms with Crippen LogP contribution in [0.15, 0.2) is 169 Å². The third-order valence-electron chi connectivity index (χ3n) is 11.3. The molecular formula is C50H36. The van der Waals surface area contributed by atoms with Crippen molar-refractivity contribution in [3.8, 4) is 11.1 Å². The predicted molar refractivity (Wildman–Crippen MR) is 217 cm³/mol. The molecule has 0 saturated carbocycles. The van der Waals surface area contributed by atoms with Crippen LogP contribution in [0.2, 0.25) is 0 Å². The second kappa shape index (κ2) is 11.3. The molecule has 0 fully saturated rings. The fourth-order valence-corrected chi connectivity index (χ4v) is 8.80. The highest BCUT2D eigenvalue weighted by atomic mass is 14.2. The zero-order valence-corrected chi connectivity index (χ0v) is 28.4. The molecule has 0 amide bonds. The Morgan fingerprint density at radius 3 is 1.32 bits per heavy atom. The van der Waals surface area contributed by atoms with E-state index in [1.807, 2.05) is 0 Å². The summed E-state index contributed by atoms with van der Waals surface area (Å²) in [5.41, 5.74) is 9.35. The summed E-state index contributed by atoms with van der Waals surface area (Å²) >= 11 is 0. The number of benzene rings is 9. The summed E-state index contributed by atoms with van der Waals surface area (Å²) in [4.78, 5) is 0. The summed E-state index contributed by atoms with van der Waals surface area (Å²) < 4.78 is 0. The van der Waals surface area contributed by atoms with Gasteiger partial charge >= 0.3 is 0 Å². The molecule has 9 aromatic rings. The molecule has 1 unspecified atom stereocenters. The van der Waals surface area contributed by atoms with Crippen LogP contribution >= 0.6 is 0 Å². The fraction of sp³-hybridized carbons (Fsp3) is 0.0800. The van der Waals surface area contributed by atoms with E-state index in [-0.39, 0.29) is 0 Å². The van der Waals surface area contributed by atoms with Crippen molar-refractivity contribution in [3.05, 3.63) is 186 Å². The smallest absolute Gasteiger partial charge is 0.00589 e. The molecule has 0 spiro atoms. The van der Waals surface area contributed by atoms with E-state index in [4.69, 9.17) is 0 Å². The molecule has 10 rings (SSSR count). The van der Waals surface area contributed by atoms with Crippen molar-refractivity contribution >= 4 is 70.2 Å². The zero-order chi connectivity index (χ0) is 33.3. The van der Waals surface area contributed by atoms with Gasteiger partial charge in [-0.15, -0.1) is 0 Å². The first-order valence-electron chi connectivity index (χ1n) is 17.8. The highest BCUT2D eigenvalue weighted by Gasteiger charge is 2.19. The second-order valence-electron chi connectivity index (χ2n) is 14.1. The Morgan fingerprint density at radius 1 is 0.400 bits per heavy atom. The van der Waals surface area contributed by atoms with Crippen molar-refractivity contribution < 1.29 is 0 Å². The lowest BCUT2D eigenvalue weighted by atomic mass is 9.81. The summed E-state index contributed by atoms with van der Waals surface area (Å²) in [6.07, 6.45) is 5.83. The van der Waals surface area contributed by atoms with Crippen LogP contribution in [-0.4, -0.2) is 0 Å². The van der Waals surface area contributed by atoms with Gasteiger partial charge in [-0.25, -0.2) is 0 Å². The minimum Gasteiger partial charge on any atom is -0.0761 e. The van der Waals surface area contributed by atoms with E-state index in [2.05, 4.69) is 178 Å². The van der Waals surface area contributed by atoms with Gasteiger partial charge in [0, 0.05) is 5.92 Å². The molecule has 0 saturated heterocycles. The van der Waals surface area contributed by atoms with Crippen LogP contribution in [0.3, 0.4) is 0 Å². The van der Waals surface area contributed by atoms with Crippen molar-refractivity contribution in [2.24, 2.45) is 0 Å². The summed E-state index contributed by atoms with van der Waals surface area (Å²) in [6.45, 7) is 4.59. The lowest BCUT2D eigenvalue weighted by Gasteiger charge is -2.23. The van der Waals surface area contributed by atoms with E-state index in [1.165, 1.54) is 104 Å². The average Bonchev–Trinajstić information content (AvgIpc) is 3.18. The van der Waals surface area contributed by atoms with Gasteiger partial charge in [0.05, 0.1) is 0 Å². The predicted octanol–water partition coefficient (Wildman–Crippen LogP) is 14.1. The Hall–Kier alpha value is -5.98. The molecule has 1 aliphatic carbocycles. The third kappa shape index (κ3) is 4.45. The van der Waals surface area contributed by atoms with E-state index in [1.54, 1.807) is 0 Å². The van der Waals surface area contributed by atoms with Gasteiger partial charge in [0.15, 0.2) is 0 Å². The van der Waals surface area contributed by atoms with Crippen molar-refractivity contribution in [2.45, 2.75) is 26.2 Å². The molecule has 0 aromatic heterocycles. The Balaban J connectivity index is 0.995. The Morgan fingerprint density at radius 2 is 0.820 bits per heavy atom. The Labute approximate surface area is 292 Å². The molecule has 0 heteroatoms. The summed E-state index contributed by atoms with van der Waals surface area (Å²) in [7, 11) is 0. The van der Waals surface area contributed by atoms with Crippen LogP contribution in [0.5, 0.6) is 0 Å². The molecule has 0 N–H and O–H groups in total. The number of allylic oxidation sites excluding steroid dienone is 4. The Kier molecular flexibility index (Phi) is 6.54. The van der Waals surface area contributed by atoms with Gasteiger partial charge in [-0.1, -0.05) is 157 Å². The van der Waals surface area contributed by atoms with E-state index >= 15 is 0 Å². The van der Waals surface area contributed by atoms with Gasteiger partial charge in [-0.05, 0) is 130 Å². The van der Waals surface area contributed by atoms with E-state index in [0.717, 1.165) is 6.42 Å². The van der Waals surface area contributed by atoms with Gasteiger partial charge in [0.2, 0.25) is 0 Å². The van der Waals surface area contributed by atoms with Gasteiger partial charge in [-0.3, -0.25) is 0 Å². The van der Waals surface area contributed by atoms with Gasteiger partial charge in [0.1, 0.15) is 0 Å². The number of aryl methyl sites for hydroxylation is 1. The Bertz CT molecular complexity index is 2850. The highest BCUT2D eigenvalue weighted by molar-refractivity contribution is 6.26. The first-order chi connectivity index (χ1) is 24.6. The summed E-state index contributed by atoms with van der Waals surface area (Å²) in [5.74, 6) is 0.358. The third-order valence-corrected chi connectivity index (χ3v) is 11.3. The van der Waals surface area contributed by atoms with E-state index in [0.29, 0.717) is 5.92 Å². The van der Waals surface area contributed by atoms with Crippen LogP contribution in [-0.2, 0) is 0 Å². The maximum Gasteiger partial charge on any atom is 0.00589 e. The zero-order valence-electron chi connectivity index (χ0n) is 28.4. The van der Waals surface area contributed by atoms with Gasteiger partial charge < -0.3 is 0 Å². The van der Waals surface area contributed by atoms with E-state index in [9.17, 15) is 0 Å². The number of fused-ring (bicyclic) bond motifs is 12. The molecule has 236 valence electrons. The molecular weight excluding hydrogens is 601 g/mol. The highest BCUT2D eigenvalue weighted by Crippen LogP contribution is 2.42. The first kappa shape index (κ1) is 29.0. The van der Waals surface area contributed by atoms with Crippen molar-refractivity contribution in [1.29, 1.82) is 0 Å². The fourth-order valence-electron chi connectivity index (χ4n) is 8.80. The lowest BCUT2D eigenvalue weighted by Crippen LogP contribution is -2.04. The van der Waals surface area contributed by atoms with Crippen LogP contribution in [0.1, 0.15) is 36.0 Å². The van der Waals surface area contributed by atoms with E-state index < -0.39 is 0 Å². The quantitative estimate of drug-likeness (QED) is 0.169. The maximum atomic E-state index is 2.45. The lowest BCUT2D eigenvalue weighted by molar-refractivity contribution is 0.818. The van der Waals surface area contributed by atoms with Crippen molar-refractivity contribution in [2.75, 3.05) is 0 Å². The molecule has 9 aromatic carbocycles. The molecule has 0 bridgehead atoms. The topological polar surface area (TPSA) is 0 Å². The molecule has 50 heavy (non-hydrogen) atoms. The van der Waals surface area contributed by atoms with Crippen LogP contribution in [0.4, 0.5) is 0 Å². The molecule has 0 heterocycles. The van der Waals surface area contributed by atoms with Crippen molar-refractivity contribution in [3.63, 3.8) is 0 Å². The van der Waals surface area contributed by atoms with Crippen LogP contribution in [0.25, 0.3) is 81.3 Å². The monoisotopic (exact) mass is 636 g/mol. The first-order valence-corrected chi connectivity index (χ1v) is 17.8. The SMILES string of the molecule is CC1=C(c2ccc(-c3ccc4c5ccccc5c5ccccc5c4c3)cc2C)C=CC(c2ccc3c4ccccc4c4ccccc4c3c2)C1. The maximum absolute atomic E-state index is 2.45. The normalized spacial score (nSPS) is 15.0. The second-order valence-corrected chi connectivity index (χ2v) is 14.1. The molecule has 1 atom stereocenters. The standard InChI is InChI=1S/C50H36/c1-31-27-33(35-21-25-47-43-15-5-3-11-39(43)41-13-7-9-17-45(41)49(47)29-35)19-23-37(31)38-24-20-34(28-32(38)2)36-22-26-48-44-16-6-4-12-40(44)42-14-8-10-18-46(42)50(48)30-36/h3-27,29-30,34H,28H2,1-2H3. The van der Waals surface area contributed by atoms with Gasteiger partial charge in [0.25, 0.3) is 0 Å². The number of hydrogen-bond donors (Lipinski definition) is 0. The molecule has 0 radical (unpaired) electrons. The largest absolute Gasteiger partial charge is 0.0761 e. The van der Waals surface area contributed by atoms with Gasteiger partial charge in [-0.2, -0.15) is 0 Å². The number of rotatable bonds is 3. The molecule has 0 aliphatic heterocycles. The van der Waals surface area contributed by atoms with Crippen LogP contribution < -0.4 is 0 Å². The van der Waals surface area contributed by atoms with Crippen molar-refractivity contribution in [1.82, 2.24) is 0 Å². The summed E-state index contributed by atoms with van der Waals surface area (Å²) in [5, 5.41) is 15.9. The molecule has 0 nitrogen and oxygen atoms in total. The average molecular weight is 637 g/mol. The minimum absolute atomic E-state index is 0.358. The summed E-state index contributed by atoms with van der Waals surface area (Å²) in [6, 6.07) is 56.5. The van der Waals surface area contributed by atoms with Crippen LogP contribution in [0, 0.1) is 6.92 Å². The molecule has 1 aliphatic rings.